The van der Waals surface area contributed by atoms with Gasteiger partial charge in [0, 0.05) is 5.69 Å². The van der Waals surface area contributed by atoms with Crippen molar-refractivity contribution in [3.8, 4) is 0 Å². The predicted molar refractivity (Wildman–Crippen MR) is 112 cm³/mol. The zero-order valence-corrected chi connectivity index (χ0v) is 16.7. The Hall–Kier alpha value is -0.690. The number of unbranched alkanes of at least 4 members (excludes halogenated alkanes) is 13. The van der Waals surface area contributed by atoms with Crippen LogP contribution in [0.15, 0.2) is 24.3 Å². The van der Waals surface area contributed by atoms with Gasteiger partial charge in [-0.25, -0.2) is 0 Å². The summed E-state index contributed by atoms with van der Waals surface area (Å²) in [7, 11) is 0. The molecule has 0 heterocycles. The Kier molecular flexibility index (Phi) is 16.7. The standard InChI is InChI=1S/C22H39N.ClH/c1-2-3-4-5-6-7-8-9-10-11-12-13-14-15-16-21-17-19-22(23)20-18-21;/h17-20H,2-16,23H2,1H3;1H. The van der Waals surface area contributed by atoms with Crippen LogP contribution in [0.5, 0.6) is 0 Å². The van der Waals surface area contributed by atoms with Gasteiger partial charge in [0.05, 0.1) is 0 Å². The van der Waals surface area contributed by atoms with Gasteiger partial charge in [-0.3, -0.25) is 0 Å². The Bertz CT molecular complexity index is 361. The lowest BCUT2D eigenvalue weighted by Crippen LogP contribution is -1.88. The van der Waals surface area contributed by atoms with Crippen LogP contribution in [0.1, 0.15) is 102 Å². The molecule has 0 unspecified atom stereocenters. The Morgan fingerprint density at radius 1 is 0.583 bits per heavy atom. The first kappa shape index (κ1) is 23.3. The van der Waals surface area contributed by atoms with Gasteiger partial charge in [-0.2, -0.15) is 0 Å². The van der Waals surface area contributed by atoms with Crippen molar-refractivity contribution in [2.24, 2.45) is 0 Å². The summed E-state index contributed by atoms with van der Waals surface area (Å²) in [5, 5.41) is 0. The number of benzene rings is 1. The molecule has 2 N–H and O–H groups in total. The molecular formula is C22H40ClN. The third-order valence-corrected chi connectivity index (χ3v) is 4.80. The molecule has 140 valence electrons. The fourth-order valence-corrected chi connectivity index (χ4v) is 3.21. The van der Waals surface area contributed by atoms with E-state index in [-0.39, 0.29) is 12.4 Å². The molecule has 0 atom stereocenters. The molecule has 0 saturated carbocycles. The van der Waals surface area contributed by atoms with Crippen LogP contribution < -0.4 is 5.73 Å². The number of rotatable bonds is 15. The van der Waals surface area contributed by atoms with Crippen molar-refractivity contribution < 1.29 is 0 Å². The first-order valence-electron chi connectivity index (χ1n) is 10.2. The second kappa shape index (κ2) is 17.1. The lowest BCUT2D eigenvalue weighted by molar-refractivity contribution is 0.535. The van der Waals surface area contributed by atoms with Crippen LogP contribution in [0, 0.1) is 0 Å². The van der Waals surface area contributed by atoms with E-state index in [1.54, 1.807) is 0 Å². The smallest absolute Gasteiger partial charge is 0.0314 e. The molecule has 0 saturated heterocycles. The van der Waals surface area contributed by atoms with E-state index in [0.29, 0.717) is 0 Å². The van der Waals surface area contributed by atoms with Crippen LogP contribution >= 0.6 is 12.4 Å². The fraction of sp³-hybridized carbons (Fsp3) is 0.727. The lowest BCUT2D eigenvalue weighted by Gasteiger charge is -2.04. The average Bonchev–Trinajstić information content (AvgIpc) is 2.57. The zero-order valence-electron chi connectivity index (χ0n) is 15.9. The van der Waals surface area contributed by atoms with Crippen LogP contribution in [0.3, 0.4) is 0 Å². The number of halogens is 1. The lowest BCUT2D eigenvalue weighted by atomic mass is 10.0. The van der Waals surface area contributed by atoms with Gasteiger partial charge in [-0.05, 0) is 30.5 Å². The summed E-state index contributed by atoms with van der Waals surface area (Å²) in [6.07, 6.45) is 21.2. The Morgan fingerprint density at radius 2 is 0.958 bits per heavy atom. The summed E-state index contributed by atoms with van der Waals surface area (Å²) in [5.41, 5.74) is 8.01. The molecule has 0 radical (unpaired) electrons. The second-order valence-electron chi connectivity index (χ2n) is 7.09. The van der Waals surface area contributed by atoms with Gasteiger partial charge in [-0.1, -0.05) is 103 Å². The van der Waals surface area contributed by atoms with E-state index in [9.17, 15) is 0 Å². The molecule has 0 spiro atoms. The van der Waals surface area contributed by atoms with Crippen LogP contribution in [-0.2, 0) is 6.42 Å². The molecule has 1 aromatic carbocycles. The van der Waals surface area contributed by atoms with Crippen LogP contribution in [-0.4, -0.2) is 0 Å². The number of hydrogen-bond acceptors (Lipinski definition) is 1. The molecule has 0 aliphatic carbocycles. The normalized spacial score (nSPS) is 10.5. The maximum atomic E-state index is 5.71. The zero-order chi connectivity index (χ0) is 16.6. The quantitative estimate of drug-likeness (QED) is 0.253. The Balaban J connectivity index is 0.00000529. The highest BCUT2D eigenvalue weighted by Crippen LogP contribution is 2.14. The monoisotopic (exact) mass is 353 g/mol. The van der Waals surface area contributed by atoms with Gasteiger partial charge in [0.1, 0.15) is 0 Å². The molecule has 0 fully saturated rings. The molecule has 0 bridgehead atoms. The third kappa shape index (κ3) is 13.7. The van der Waals surface area contributed by atoms with E-state index in [1.165, 1.54) is 102 Å². The molecule has 2 heteroatoms. The van der Waals surface area contributed by atoms with Crippen LogP contribution in [0.4, 0.5) is 5.69 Å². The van der Waals surface area contributed by atoms with Gasteiger partial charge in [0.2, 0.25) is 0 Å². The van der Waals surface area contributed by atoms with Crippen molar-refractivity contribution in [3.05, 3.63) is 29.8 Å². The van der Waals surface area contributed by atoms with E-state index < -0.39 is 0 Å². The number of anilines is 1. The third-order valence-electron chi connectivity index (χ3n) is 4.80. The molecule has 0 aromatic heterocycles. The molecule has 1 rings (SSSR count). The van der Waals surface area contributed by atoms with E-state index in [4.69, 9.17) is 5.73 Å². The molecule has 24 heavy (non-hydrogen) atoms. The number of hydrogen-bond donors (Lipinski definition) is 1. The van der Waals surface area contributed by atoms with Crippen molar-refractivity contribution in [1.29, 1.82) is 0 Å². The minimum atomic E-state index is 0. The van der Waals surface area contributed by atoms with Gasteiger partial charge < -0.3 is 5.73 Å². The van der Waals surface area contributed by atoms with E-state index in [2.05, 4.69) is 19.1 Å². The van der Waals surface area contributed by atoms with Crippen molar-refractivity contribution >= 4 is 18.1 Å². The average molecular weight is 354 g/mol. The highest BCUT2D eigenvalue weighted by molar-refractivity contribution is 5.85. The minimum absolute atomic E-state index is 0. The maximum Gasteiger partial charge on any atom is 0.0314 e. The molecular weight excluding hydrogens is 314 g/mol. The molecule has 1 nitrogen and oxygen atoms in total. The minimum Gasteiger partial charge on any atom is -0.399 e. The van der Waals surface area contributed by atoms with Gasteiger partial charge in [-0.15, -0.1) is 12.4 Å². The van der Waals surface area contributed by atoms with Crippen molar-refractivity contribution in [2.75, 3.05) is 5.73 Å². The van der Waals surface area contributed by atoms with Crippen LogP contribution in [0.2, 0.25) is 0 Å². The van der Waals surface area contributed by atoms with E-state index in [0.717, 1.165) is 5.69 Å². The second-order valence-corrected chi connectivity index (χ2v) is 7.09. The summed E-state index contributed by atoms with van der Waals surface area (Å²) in [6.45, 7) is 2.29. The topological polar surface area (TPSA) is 26.0 Å². The molecule has 0 amide bonds. The highest BCUT2D eigenvalue weighted by atomic mass is 35.5. The fourth-order valence-electron chi connectivity index (χ4n) is 3.21. The van der Waals surface area contributed by atoms with Crippen molar-refractivity contribution in [3.63, 3.8) is 0 Å². The first-order valence-corrected chi connectivity index (χ1v) is 10.2. The SMILES string of the molecule is CCCCCCCCCCCCCCCCc1ccc(N)cc1.Cl. The largest absolute Gasteiger partial charge is 0.399 e. The summed E-state index contributed by atoms with van der Waals surface area (Å²) in [4.78, 5) is 0. The number of nitrogen functional groups attached to an aromatic ring is 1. The van der Waals surface area contributed by atoms with Crippen molar-refractivity contribution in [1.82, 2.24) is 0 Å². The Labute approximate surface area is 157 Å². The molecule has 0 aliphatic heterocycles. The van der Waals surface area contributed by atoms with Gasteiger partial charge in [0.25, 0.3) is 0 Å². The van der Waals surface area contributed by atoms with Gasteiger partial charge in [0.15, 0.2) is 0 Å². The summed E-state index contributed by atoms with van der Waals surface area (Å²) in [5.74, 6) is 0. The van der Waals surface area contributed by atoms with Crippen LogP contribution in [0.25, 0.3) is 0 Å². The van der Waals surface area contributed by atoms with Gasteiger partial charge >= 0.3 is 0 Å². The first-order chi connectivity index (χ1) is 11.3. The number of nitrogens with two attached hydrogens (primary N) is 1. The Morgan fingerprint density at radius 3 is 1.38 bits per heavy atom. The van der Waals surface area contributed by atoms with E-state index >= 15 is 0 Å². The predicted octanol–water partition coefficient (Wildman–Crippen LogP) is 7.71. The summed E-state index contributed by atoms with van der Waals surface area (Å²) < 4.78 is 0. The maximum absolute atomic E-state index is 5.71. The summed E-state index contributed by atoms with van der Waals surface area (Å²) in [6, 6.07) is 8.35. The summed E-state index contributed by atoms with van der Waals surface area (Å²) >= 11 is 0. The molecule has 0 aliphatic rings. The molecule has 1 aromatic rings. The number of aryl methyl sites for hydroxylation is 1. The van der Waals surface area contributed by atoms with E-state index in [1.807, 2.05) is 12.1 Å². The van der Waals surface area contributed by atoms with Crippen molar-refractivity contribution in [2.45, 2.75) is 103 Å². The highest BCUT2D eigenvalue weighted by Gasteiger charge is 1.96.